The van der Waals surface area contributed by atoms with E-state index in [2.05, 4.69) is 51.0 Å². The Morgan fingerprint density at radius 1 is 0.500 bits per heavy atom. The average molecular weight is 1590 g/mol. The third-order valence-corrected chi connectivity index (χ3v) is 19.4. The minimum absolute atomic E-state index is 0. The monoisotopic (exact) mass is 1580 g/mol. The number of carboxylic acid groups (broad SMARTS) is 1. The van der Waals surface area contributed by atoms with Crippen molar-refractivity contribution in [2.45, 2.75) is 60.2 Å². The van der Waals surface area contributed by atoms with Crippen LogP contribution in [0.4, 0.5) is 11.6 Å². The van der Waals surface area contributed by atoms with Crippen LogP contribution in [0.5, 0.6) is 17.6 Å². The predicted octanol–water partition coefficient (Wildman–Crippen LogP) is 15.6. The number of pyridine rings is 3. The van der Waals surface area contributed by atoms with Gasteiger partial charge in [0.1, 0.15) is 27.4 Å². The van der Waals surface area contributed by atoms with Crippen molar-refractivity contribution in [3.63, 3.8) is 0 Å². The van der Waals surface area contributed by atoms with Crippen molar-refractivity contribution >= 4 is 113 Å². The maximum Gasteiger partial charge on any atom is 2.00 e. The quantitative estimate of drug-likeness (QED) is 0.0349. The molecule has 3 aromatic carbocycles. The number of anilines is 2. The molecule has 0 aliphatic carbocycles. The van der Waals surface area contributed by atoms with Crippen LogP contribution in [0.1, 0.15) is 80.0 Å². The summed E-state index contributed by atoms with van der Waals surface area (Å²) in [6.07, 6.45) is 4.76. The second-order valence-corrected chi connectivity index (χ2v) is 28.9. The zero-order valence-corrected chi connectivity index (χ0v) is 62.5. The van der Waals surface area contributed by atoms with Crippen LogP contribution >= 0.6 is 50.7 Å². The summed E-state index contributed by atoms with van der Waals surface area (Å²) < 4.78 is 44.8. The van der Waals surface area contributed by atoms with Crippen LogP contribution < -0.4 is 29.3 Å². The zero-order valence-electron chi connectivity index (χ0n) is 57.1. The number of carboxylic acids is 1. The van der Waals surface area contributed by atoms with Crippen molar-refractivity contribution < 1.29 is 77.8 Å². The van der Waals surface area contributed by atoms with Gasteiger partial charge in [-0.25, -0.2) is 19.4 Å². The van der Waals surface area contributed by atoms with Gasteiger partial charge in [0.15, 0.2) is 0 Å². The van der Waals surface area contributed by atoms with Gasteiger partial charge in [0.25, 0.3) is 0 Å². The number of hydrogen-bond donors (Lipinski definition) is 5. The molecule has 538 valence electrons. The Hall–Kier alpha value is -7.01. The predicted molar refractivity (Wildman–Crippen MR) is 395 cm³/mol. The molecule has 100 heavy (non-hydrogen) atoms. The van der Waals surface area contributed by atoms with Crippen LogP contribution in [-0.2, 0) is 44.1 Å². The van der Waals surface area contributed by atoms with Gasteiger partial charge in [-0.15, -0.1) is 0 Å². The minimum Gasteiger partial charge on any atom is -0.481 e. The number of aromatic carboxylic acids is 1. The van der Waals surface area contributed by atoms with E-state index in [1.807, 2.05) is 96.1 Å². The number of methoxy groups -OCH3 is 3. The topological polar surface area (TPSA) is 250 Å². The number of nitrogens with one attached hydrogen (secondary N) is 4. The number of nitrogens with zero attached hydrogens (tertiary/aromatic N) is 5. The molecule has 0 amide bonds. The first-order chi connectivity index (χ1) is 45.9. The van der Waals surface area contributed by atoms with E-state index in [0.717, 1.165) is 139 Å². The van der Waals surface area contributed by atoms with Gasteiger partial charge < -0.3 is 87.9 Å². The molecule has 6 atom stereocenters. The van der Waals surface area contributed by atoms with Crippen LogP contribution in [0.2, 0.25) is 15.1 Å². The molecule has 6 aliphatic rings. The number of carbonyl (C=O) groups is 3. The van der Waals surface area contributed by atoms with Crippen LogP contribution in [0.3, 0.4) is 0 Å². The van der Waals surface area contributed by atoms with Crippen LogP contribution in [0, 0.1) is 50.4 Å². The molecule has 0 saturated carbocycles. The number of rotatable bonds is 11. The van der Waals surface area contributed by atoms with Gasteiger partial charge in [0, 0.05) is 159 Å². The first-order valence-corrected chi connectivity index (χ1v) is 33.7. The van der Waals surface area contributed by atoms with Crippen molar-refractivity contribution in [3.05, 3.63) is 143 Å². The van der Waals surface area contributed by atoms with E-state index in [1.165, 1.54) is 19.3 Å². The number of ether oxygens (including phenoxy) is 8. The van der Waals surface area contributed by atoms with Gasteiger partial charge in [-0.3, -0.25) is 0 Å². The van der Waals surface area contributed by atoms with Crippen molar-refractivity contribution in [2.24, 2.45) is 35.5 Å². The molecule has 0 bridgehead atoms. The first-order valence-electron chi connectivity index (χ1n) is 31.8. The van der Waals surface area contributed by atoms with E-state index in [9.17, 15) is 19.5 Å². The van der Waals surface area contributed by atoms with Crippen molar-refractivity contribution in [3.8, 4) is 51.0 Å². The van der Waals surface area contributed by atoms with Gasteiger partial charge in [0.2, 0.25) is 17.6 Å². The first kappa shape index (κ1) is 78.7. The Morgan fingerprint density at radius 3 is 1.16 bits per heavy atom. The Labute approximate surface area is 621 Å². The minimum atomic E-state index is -0.992. The number of carbonyl (C=O) groups excluding carboxylic acids is 2. The van der Waals surface area contributed by atoms with E-state index in [0.29, 0.717) is 88.6 Å². The molecule has 5 N–H and O–H groups in total. The fourth-order valence-electron chi connectivity index (χ4n) is 13.2. The second kappa shape index (κ2) is 33.0. The third-order valence-electron chi connectivity index (χ3n) is 18.0. The Balaban J connectivity index is 0.000000178. The maximum atomic E-state index is 12.7. The van der Waals surface area contributed by atoms with Crippen molar-refractivity contribution in [1.82, 2.24) is 35.2 Å². The molecular weight excluding hydrogens is 1500 g/mol. The van der Waals surface area contributed by atoms with Gasteiger partial charge in [-0.2, -0.15) is 9.97 Å². The van der Waals surface area contributed by atoms with Crippen molar-refractivity contribution in [2.75, 3.05) is 110 Å². The van der Waals surface area contributed by atoms with Crippen molar-refractivity contribution in [1.29, 1.82) is 0 Å². The molecule has 12 heterocycles. The molecule has 0 spiro atoms. The number of fused-ring (bicyclic) bond motifs is 6. The summed E-state index contributed by atoms with van der Waals surface area (Å²) in [7, 11) is 4.73. The number of hydrogen-bond acceptors (Lipinski definition) is 17. The van der Waals surface area contributed by atoms with E-state index in [4.69, 9.17) is 82.7 Å². The van der Waals surface area contributed by atoms with Gasteiger partial charge in [-0.1, -0.05) is 42.2 Å². The number of H-pyrrole nitrogens is 3. The summed E-state index contributed by atoms with van der Waals surface area (Å²) in [5.74, 6) is 5.31. The van der Waals surface area contributed by atoms with E-state index in [-0.39, 0.29) is 54.2 Å². The molecule has 9 aromatic rings. The van der Waals surface area contributed by atoms with Gasteiger partial charge in [0.05, 0.1) is 92.7 Å². The van der Waals surface area contributed by atoms with Crippen LogP contribution in [-0.4, -0.2) is 164 Å². The molecule has 6 saturated heterocycles. The van der Waals surface area contributed by atoms with Crippen LogP contribution in [0.15, 0.2) is 96.0 Å². The third kappa shape index (κ3) is 17.2. The number of benzene rings is 3. The summed E-state index contributed by atoms with van der Waals surface area (Å²) in [5.41, 5.74) is 6.54. The molecule has 6 aromatic heterocycles. The molecule has 6 aliphatic heterocycles. The molecule has 0 unspecified atom stereocenters. The van der Waals surface area contributed by atoms with Gasteiger partial charge in [-0.05, 0) is 130 Å². The SMILES string of the molecule is C.C1NC[C@@H]2COC[C@@H]12.COc1nc(Br)ccc1-c1cc2c(C(=O)OC(C)(C)C)c[nH]c2cc1Cl.COc1nc(N2C[C@@H]3COC[C@H]3C2)ccc1-c1cc2c(C(=O)O)c[nH]c2cc1Cl.COc1nc(N2C[C@@H]3COC[C@H]3C2)ccc1-c1cc2c(C(=O)OC(C)(C)C)c[nH]c2cc1Cl.[CH3-].[CH3-].[Pd+2]. The normalized spacial score (nSPS) is 19.4. The molecule has 15 rings (SSSR count). The van der Waals surface area contributed by atoms with E-state index >= 15 is 0 Å². The molecule has 21 nitrogen and oxygen atoms in total. The molecule has 26 heteroatoms. The Kier molecular flexibility index (Phi) is 25.9. The summed E-state index contributed by atoms with van der Waals surface area (Å²) in [4.78, 5) is 64.3. The number of halogens is 4. The fraction of sp³-hybridized carbons (Fsp3) is 0.405. The molecular formula is C74H87BrCl3N9O12Pd. The second-order valence-electron chi connectivity index (χ2n) is 26.8. The molecule has 0 radical (unpaired) electrons. The van der Waals surface area contributed by atoms with Gasteiger partial charge >= 0.3 is 38.3 Å². The Bertz CT molecular complexity index is 4360. The summed E-state index contributed by atoms with van der Waals surface area (Å²) >= 11 is 23.0. The summed E-state index contributed by atoms with van der Waals surface area (Å²) in [5, 5.41) is 16.4. The number of aromatic amines is 3. The smallest absolute Gasteiger partial charge is 0.481 e. The largest absolute Gasteiger partial charge is 2.00 e. The van der Waals surface area contributed by atoms with E-state index < -0.39 is 23.1 Å². The van der Waals surface area contributed by atoms with Crippen LogP contribution in [0.25, 0.3) is 66.1 Å². The summed E-state index contributed by atoms with van der Waals surface area (Å²) in [6, 6.07) is 22.4. The molecule has 6 fully saturated rings. The summed E-state index contributed by atoms with van der Waals surface area (Å²) in [6.45, 7) is 22.4. The fourth-order valence-corrected chi connectivity index (χ4v) is 14.3. The average Bonchev–Trinajstić information content (AvgIpc) is 1.45. The Morgan fingerprint density at radius 2 is 0.820 bits per heavy atom. The standard InChI is InChI=1S/C25H28ClN3O4.C21H20ClN3O4.C19H18BrClN2O3.C6H11NO.CH4.2CH3.Pd/c1-25(2,3)33-24(30)19-9-27-21-8-20(26)17(7-18(19)21)16-5-6-22(28-23(16)31-4)29-10-14-12-32-13-15(14)11-29;1-28-20-13(2-3-19(24-20)25-7-11-9-29-10-12(11)8-25)14-4-15-16(21(26)27)6-23-18(15)5-17(14)22;1-19(2,3)26-18(24)13-9-22-15-8-14(21)11(7-12(13)15)10-5-6-16(20)23-17(10)25-4;1-5-3-8-4-6(5)2-7-1;;;;/h5-9,14-15,27H,10-13H2,1-4H3;2-6,11-12,23H,7-10H2,1H3,(H,26,27);5-9,22H,1-4H3;5-7H,1-4H2;1H4;2*1H3;/q;;;;;2*-1;+2/t14-,15-;11-,12-;;5-,6-;;;;/m11.1..../s1. The van der Waals surface area contributed by atoms with E-state index in [1.54, 1.807) is 51.9 Å². The maximum absolute atomic E-state index is 12.7. The number of aromatic nitrogens is 6. The zero-order chi connectivity index (χ0) is 67.9. The number of esters is 2.